The Kier molecular flexibility index (Phi) is 3.05. The van der Waals surface area contributed by atoms with Crippen molar-refractivity contribution in [2.24, 2.45) is 0 Å². The molecule has 0 radical (unpaired) electrons. The summed E-state index contributed by atoms with van der Waals surface area (Å²) in [6, 6.07) is 3.98. The second-order valence-corrected chi connectivity index (χ2v) is 4.73. The van der Waals surface area contributed by atoms with Crippen LogP contribution >= 0.6 is 0 Å². The second-order valence-electron chi connectivity index (χ2n) is 4.73. The fourth-order valence-corrected chi connectivity index (χ4v) is 2.43. The van der Waals surface area contributed by atoms with Gasteiger partial charge < -0.3 is 10.1 Å². The minimum absolute atomic E-state index is 0.525. The summed E-state index contributed by atoms with van der Waals surface area (Å²) in [5, 5.41) is 10.1. The fraction of sp³-hybridized carbons (Fsp3) is 0.286. The Balaban J connectivity index is 1.75. The van der Waals surface area contributed by atoms with E-state index in [1.807, 2.05) is 12.3 Å². The molecular weight excluding hydrogens is 242 g/mol. The van der Waals surface area contributed by atoms with Gasteiger partial charge in [0.1, 0.15) is 5.65 Å². The van der Waals surface area contributed by atoms with E-state index in [9.17, 15) is 4.79 Å². The lowest BCUT2D eigenvalue weighted by atomic mass is 10.1. The SMILES string of the molecule is O=C(O)C1=CCN(Cc2c[nH]c3ncccc23)CC1. The Hall–Kier alpha value is -2.14. The van der Waals surface area contributed by atoms with E-state index in [1.165, 1.54) is 5.56 Å². The van der Waals surface area contributed by atoms with Gasteiger partial charge in [0.15, 0.2) is 0 Å². The van der Waals surface area contributed by atoms with Gasteiger partial charge >= 0.3 is 5.97 Å². The third kappa shape index (κ3) is 2.37. The van der Waals surface area contributed by atoms with Gasteiger partial charge in [-0.15, -0.1) is 0 Å². The molecule has 2 aromatic heterocycles. The molecule has 98 valence electrons. The standard InChI is InChI=1S/C14H15N3O2/c18-14(19)10-3-6-17(7-4-10)9-11-8-16-13-12(11)2-1-5-15-13/h1-3,5,8H,4,6-7,9H2,(H,15,16)(H,18,19). The number of hydrogen-bond donors (Lipinski definition) is 2. The molecule has 5 nitrogen and oxygen atoms in total. The van der Waals surface area contributed by atoms with Crippen LogP contribution in [0, 0.1) is 0 Å². The van der Waals surface area contributed by atoms with Crippen LogP contribution in [-0.2, 0) is 11.3 Å². The summed E-state index contributed by atoms with van der Waals surface area (Å²) >= 11 is 0. The van der Waals surface area contributed by atoms with Gasteiger partial charge in [0, 0.05) is 43.0 Å². The fourth-order valence-electron chi connectivity index (χ4n) is 2.43. The smallest absolute Gasteiger partial charge is 0.331 e. The molecule has 0 aliphatic carbocycles. The zero-order chi connectivity index (χ0) is 13.2. The number of fused-ring (bicyclic) bond motifs is 1. The third-order valence-corrected chi connectivity index (χ3v) is 3.50. The first-order valence-electron chi connectivity index (χ1n) is 6.29. The lowest BCUT2D eigenvalue weighted by molar-refractivity contribution is -0.133. The zero-order valence-electron chi connectivity index (χ0n) is 10.5. The lowest BCUT2D eigenvalue weighted by Gasteiger charge is -2.24. The third-order valence-electron chi connectivity index (χ3n) is 3.50. The predicted octanol–water partition coefficient (Wildman–Crippen LogP) is 1.78. The van der Waals surface area contributed by atoms with Crippen molar-refractivity contribution < 1.29 is 9.90 Å². The minimum atomic E-state index is -0.795. The van der Waals surface area contributed by atoms with Gasteiger partial charge in [0.2, 0.25) is 0 Å². The van der Waals surface area contributed by atoms with Crippen molar-refractivity contribution in [1.82, 2.24) is 14.9 Å². The van der Waals surface area contributed by atoms with Crippen molar-refractivity contribution in [3.8, 4) is 0 Å². The van der Waals surface area contributed by atoms with Gasteiger partial charge in [-0.3, -0.25) is 4.90 Å². The molecular formula is C14H15N3O2. The lowest BCUT2D eigenvalue weighted by Crippen LogP contribution is -2.29. The molecule has 0 saturated carbocycles. The molecule has 0 aromatic carbocycles. The zero-order valence-corrected chi connectivity index (χ0v) is 10.5. The van der Waals surface area contributed by atoms with Gasteiger partial charge in [-0.05, 0) is 24.1 Å². The molecule has 19 heavy (non-hydrogen) atoms. The Morgan fingerprint density at radius 2 is 2.42 bits per heavy atom. The molecule has 3 rings (SSSR count). The molecule has 0 fully saturated rings. The molecule has 2 aromatic rings. The first kappa shape index (κ1) is 11.9. The molecule has 0 amide bonds. The number of pyridine rings is 1. The van der Waals surface area contributed by atoms with E-state index in [0.29, 0.717) is 18.5 Å². The second kappa shape index (κ2) is 4.85. The largest absolute Gasteiger partial charge is 0.478 e. The van der Waals surface area contributed by atoms with Crippen molar-refractivity contribution in [2.45, 2.75) is 13.0 Å². The summed E-state index contributed by atoms with van der Waals surface area (Å²) in [6.45, 7) is 2.29. The summed E-state index contributed by atoms with van der Waals surface area (Å²) in [4.78, 5) is 20.5. The number of aliphatic carboxylic acids is 1. The molecule has 3 heterocycles. The number of H-pyrrole nitrogens is 1. The number of nitrogens with zero attached hydrogens (tertiary/aromatic N) is 2. The van der Waals surface area contributed by atoms with Crippen molar-refractivity contribution >= 4 is 17.0 Å². The summed E-state index contributed by atoms with van der Waals surface area (Å²) in [7, 11) is 0. The van der Waals surface area contributed by atoms with Crippen molar-refractivity contribution in [3.63, 3.8) is 0 Å². The number of aromatic amines is 1. The maximum atomic E-state index is 10.9. The highest BCUT2D eigenvalue weighted by atomic mass is 16.4. The van der Waals surface area contributed by atoms with E-state index in [2.05, 4.69) is 20.9 Å². The van der Waals surface area contributed by atoms with Gasteiger partial charge in [0.05, 0.1) is 0 Å². The number of carbonyl (C=O) groups is 1. The van der Waals surface area contributed by atoms with Gasteiger partial charge in [-0.25, -0.2) is 9.78 Å². The molecule has 0 atom stereocenters. The number of hydrogen-bond acceptors (Lipinski definition) is 3. The van der Waals surface area contributed by atoms with Crippen LogP contribution in [0.5, 0.6) is 0 Å². The quantitative estimate of drug-likeness (QED) is 0.879. The van der Waals surface area contributed by atoms with Crippen molar-refractivity contribution in [1.29, 1.82) is 0 Å². The van der Waals surface area contributed by atoms with E-state index in [4.69, 9.17) is 5.11 Å². The van der Waals surface area contributed by atoms with Crippen LogP contribution in [0.4, 0.5) is 0 Å². The Morgan fingerprint density at radius 3 is 3.16 bits per heavy atom. The maximum absolute atomic E-state index is 10.9. The Bertz CT molecular complexity index is 645. The average molecular weight is 257 g/mol. The Labute approximate surface area is 110 Å². The maximum Gasteiger partial charge on any atom is 0.331 e. The van der Waals surface area contributed by atoms with Crippen LogP contribution < -0.4 is 0 Å². The average Bonchev–Trinajstić information content (AvgIpc) is 2.83. The van der Waals surface area contributed by atoms with Crippen molar-refractivity contribution in [2.75, 3.05) is 13.1 Å². The highest BCUT2D eigenvalue weighted by molar-refractivity contribution is 5.86. The summed E-state index contributed by atoms with van der Waals surface area (Å²) in [5.41, 5.74) is 2.63. The van der Waals surface area contributed by atoms with Crippen LogP contribution in [0.2, 0.25) is 0 Å². The number of rotatable bonds is 3. The van der Waals surface area contributed by atoms with Crippen LogP contribution in [0.15, 0.2) is 36.2 Å². The molecule has 5 heteroatoms. The van der Waals surface area contributed by atoms with Crippen LogP contribution in [0.1, 0.15) is 12.0 Å². The van der Waals surface area contributed by atoms with Crippen LogP contribution in [-0.4, -0.2) is 39.0 Å². The first-order chi connectivity index (χ1) is 9.24. The van der Waals surface area contributed by atoms with Crippen LogP contribution in [0.3, 0.4) is 0 Å². The topological polar surface area (TPSA) is 69.2 Å². The van der Waals surface area contributed by atoms with E-state index >= 15 is 0 Å². The van der Waals surface area contributed by atoms with Gasteiger partial charge in [0.25, 0.3) is 0 Å². The van der Waals surface area contributed by atoms with E-state index in [0.717, 1.165) is 24.1 Å². The number of nitrogens with one attached hydrogen (secondary N) is 1. The van der Waals surface area contributed by atoms with Crippen molar-refractivity contribution in [3.05, 3.63) is 41.7 Å². The summed E-state index contributed by atoms with van der Waals surface area (Å²) < 4.78 is 0. The van der Waals surface area contributed by atoms with E-state index < -0.39 is 5.97 Å². The summed E-state index contributed by atoms with van der Waals surface area (Å²) in [6.07, 6.45) is 6.16. The van der Waals surface area contributed by atoms with Gasteiger partial charge in [-0.2, -0.15) is 0 Å². The van der Waals surface area contributed by atoms with Crippen LogP contribution in [0.25, 0.3) is 11.0 Å². The molecule has 0 unspecified atom stereocenters. The molecule has 1 aliphatic heterocycles. The highest BCUT2D eigenvalue weighted by Gasteiger charge is 2.17. The van der Waals surface area contributed by atoms with E-state index in [-0.39, 0.29) is 0 Å². The number of carboxylic acids is 1. The molecule has 0 saturated heterocycles. The van der Waals surface area contributed by atoms with E-state index in [1.54, 1.807) is 12.3 Å². The highest BCUT2D eigenvalue weighted by Crippen LogP contribution is 2.19. The predicted molar refractivity (Wildman–Crippen MR) is 71.7 cm³/mol. The number of aromatic nitrogens is 2. The minimum Gasteiger partial charge on any atom is -0.478 e. The number of carboxylic acid groups (broad SMARTS) is 1. The monoisotopic (exact) mass is 257 g/mol. The molecule has 2 N–H and O–H groups in total. The Morgan fingerprint density at radius 1 is 1.53 bits per heavy atom. The first-order valence-corrected chi connectivity index (χ1v) is 6.29. The molecule has 0 bridgehead atoms. The molecule has 1 aliphatic rings. The molecule has 0 spiro atoms. The summed E-state index contributed by atoms with van der Waals surface area (Å²) in [5.74, 6) is -0.795. The van der Waals surface area contributed by atoms with Gasteiger partial charge in [-0.1, -0.05) is 6.08 Å². The normalized spacial score (nSPS) is 16.5.